The molecule has 0 aliphatic heterocycles. The topological polar surface area (TPSA) is 34.1 Å². The van der Waals surface area contributed by atoms with Crippen LogP contribution in [0.2, 0.25) is 0 Å². The molecule has 0 rings (SSSR count). The lowest BCUT2D eigenvalue weighted by Crippen LogP contribution is -2.13. The molecule has 2 nitrogen and oxygen atoms in total. The molecule has 1 unspecified atom stereocenters. The zero-order valence-electron chi connectivity index (χ0n) is 6.30. The van der Waals surface area contributed by atoms with Crippen molar-refractivity contribution in [2.45, 2.75) is 38.4 Å². The summed E-state index contributed by atoms with van der Waals surface area (Å²) in [7, 11) is -2.81. The second kappa shape index (κ2) is 4.54. The van der Waals surface area contributed by atoms with Gasteiger partial charge in [-0.25, -0.2) is 8.42 Å². The summed E-state index contributed by atoms with van der Waals surface area (Å²) in [6.45, 7) is 3.92. The Morgan fingerprint density at radius 2 is 1.90 bits per heavy atom. The first-order chi connectivity index (χ1) is 4.52. The molecule has 0 saturated carbocycles. The predicted molar refractivity (Wildman–Crippen MR) is 51.9 cm³/mol. The zero-order valence-corrected chi connectivity index (χ0v) is 9.28. The minimum Gasteiger partial charge on any atom is -0.218 e. The van der Waals surface area contributed by atoms with Crippen LogP contribution < -0.4 is 0 Å². The molecule has 0 aliphatic rings. The van der Waals surface area contributed by atoms with Crippen LogP contribution in [0.4, 0.5) is 0 Å². The molecule has 0 heterocycles. The average Bonchev–Trinajstić information content (AvgIpc) is 1.80. The van der Waals surface area contributed by atoms with Gasteiger partial charge in [0, 0.05) is 0 Å². The van der Waals surface area contributed by atoms with E-state index in [4.69, 9.17) is 0 Å². The Kier molecular flexibility index (Phi) is 4.84. The van der Waals surface area contributed by atoms with E-state index in [9.17, 15) is 8.42 Å². The van der Waals surface area contributed by atoms with Crippen LogP contribution in [0.1, 0.15) is 33.1 Å². The average molecular weight is 276 g/mol. The zero-order chi connectivity index (χ0) is 8.20. The van der Waals surface area contributed by atoms with Gasteiger partial charge in [0.25, 0.3) is 0 Å². The summed E-state index contributed by atoms with van der Waals surface area (Å²) in [5, 5.41) is -0.127. The molecule has 4 heteroatoms. The Bertz CT molecular complexity index is 174. The van der Waals surface area contributed by atoms with E-state index in [2.05, 4.69) is 0 Å². The van der Waals surface area contributed by atoms with Crippen LogP contribution in [-0.4, -0.2) is 13.7 Å². The van der Waals surface area contributed by atoms with Gasteiger partial charge in [-0.15, -0.1) is 0 Å². The lowest BCUT2D eigenvalue weighted by Gasteiger charge is -2.08. The highest BCUT2D eigenvalue weighted by Gasteiger charge is 2.18. The molecule has 0 aromatic heterocycles. The lowest BCUT2D eigenvalue weighted by molar-refractivity contribution is 0.581. The molecule has 0 N–H and O–H groups in total. The van der Waals surface area contributed by atoms with Crippen LogP contribution in [-0.2, 0) is 7.01 Å². The van der Waals surface area contributed by atoms with Crippen LogP contribution in [0.25, 0.3) is 0 Å². The van der Waals surface area contributed by atoms with Crippen molar-refractivity contribution in [3.8, 4) is 0 Å². The minimum absolute atomic E-state index is 0.127. The molecule has 0 spiro atoms. The molecule has 0 aromatic rings. The van der Waals surface area contributed by atoms with E-state index < -0.39 is 7.01 Å². The molecule has 0 radical (unpaired) electrons. The molecule has 0 amide bonds. The first kappa shape index (κ1) is 10.7. The van der Waals surface area contributed by atoms with Crippen molar-refractivity contribution in [3.63, 3.8) is 0 Å². The van der Waals surface area contributed by atoms with E-state index in [1.807, 2.05) is 13.8 Å². The molecular weight excluding hydrogens is 263 g/mol. The molecule has 0 fully saturated rings. The molecule has 10 heavy (non-hydrogen) atoms. The van der Waals surface area contributed by atoms with Crippen molar-refractivity contribution >= 4 is 28.2 Å². The summed E-state index contributed by atoms with van der Waals surface area (Å²) >= 11 is 1.53. The highest BCUT2D eigenvalue weighted by molar-refractivity contribution is 14.2. The van der Waals surface area contributed by atoms with E-state index in [0.29, 0.717) is 0 Å². The number of hydrogen-bond acceptors (Lipinski definition) is 2. The third-order valence-corrected chi connectivity index (χ3v) is 4.99. The van der Waals surface area contributed by atoms with Gasteiger partial charge in [-0.2, -0.15) is 0 Å². The Labute approximate surface area is 74.9 Å². The summed E-state index contributed by atoms with van der Waals surface area (Å²) in [4.78, 5) is 0. The fourth-order valence-corrected chi connectivity index (χ4v) is 3.62. The smallest absolute Gasteiger partial charge is 0.205 e. The summed E-state index contributed by atoms with van der Waals surface area (Å²) in [6, 6.07) is 0. The maximum Gasteiger partial charge on any atom is 0.205 e. The highest BCUT2D eigenvalue weighted by Crippen LogP contribution is 2.18. The van der Waals surface area contributed by atoms with Crippen molar-refractivity contribution in [1.82, 2.24) is 0 Å². The van der Waals surface area contributed by atoms with Gasteiger partial charge >= 0.3 is 0 Å². The third-order valence-electron chi connectivity index (χ3n) is 1.46. The van der Waals surface area contributed by atoms with E-state index >= 15 is 0 Å². The molecule has 0 saturated heterocycles. The maximum absolute atomic E-state index is 10.9. The fourth-order valence-electron chi connectivity index (χ4n) is 0.866. The Balaban J connectivity index is 4.08. The van der Waals surface area contributed by atoms with Crippen molar-refractivity contribution in [1.29, 1.82) is 0 Å². The highest BCUT2D eigenvalue weighted by atomic mass is 127. The third kappa shape index (κ3) is 3.75. The predicted octanol–water partition coefficient (Wildman–Crippen LogP) is 2.33. The standard InChI is InChI=1S/C6H13IO2S/c1-3-5-6(4-2)10(7,8)9/h6H,3-5H2,1-2H3. The van der Waals surface area contributed by atoms with Gasteiger partial charge in [0.15, 0.2) is 0 Å². The van der Waals surface area contributed by atoms with E-state index in [1.165, 1.54) is 21.2 Å². The Morgan fingerprint density at radius 1 is 1.40 bits per heavy atom. The van der Waals surface area contributed by atoms with Gasteiger partial charge in [0.05, 0.1) is 26.5 Å². The molecule has 1 atom stereocenters. The minimum atomic E-state index is -2.81. The second-order valence-electron chi connectivity index (χ2n) is 2.29. The summed E-state index contributed by atoms with van der Waals surface area (Å²) in [6.07, 6.45) is 2.47. The van der Waals surface area contributed by atoms with Crippen LogP contribution in [0.15, 0.2) is 0 Å². The van der Waals surface area contributed by atoms with Crippen molar-refractivity contribution < 1.29 is 8.42 Å². The van der Waals surface area contributed by atoms with E-state index in [0.717, 1.165) is 19.3 Å². The Hall–Kier alpha value is 0.680. The second-order valence-corrected chi connectivity index (χ2v) is 7.60. The van der Waals surface area contributed by atoms with Crippen molar-refractivity contribution in [2.75, 3.05) is 0 Å². The van der Waals surface area contributed by atoms with Gasteiger partial charge in [0.2, 0.25) is 7.01 Å². The van der Waals surface area contributed by atoms with Gasteiger partial charge in [0.1, 0.15) is 0 Å². The molecule has 0 aliphatic carbocycles. The first-order valence-electron chi connectivity index (χ1n) is 3.45. The number of halogens is 1. The van der Waals surface area contributed by atoms with Crippen LogP contribution in [0, 0.1) is 0 Å². The van der Waals surface area contributed by atoms with Gasteiger partial charge < -0.3 is 0 Å². The van der Waals surface area contributed by atoms with E-state index in [-0.39, 0.29) is 5.25 Å². The van der Waals surface area contributed by atoms with Gasteiger partial charge in [-0.1, -0.05) is 20.3 Å². The SMILES string of the molecule is CCCC(CC)S(=O)(=O)I. The monoisotopic (exact) mass is 276 g/mol. The maximum atomic E-state index is 10.9. The normalized spacial score (nSPS) is 15.1. The quantitative estimate of drug-likeness (QED) is 0.583. The molecular formula is C6H13IO2S. The molecule has 0 aromatic carbocycles. The van der Waals surface area contributed by atoms with Crippen molar-refractivity contribution in [3.05, 3.63) is 0 Å². The van der Waals surface area contributed by atoms with E-state index in [1.54, 1.807) is 0 Å². The lowest BCUT2D eigenvalue weighted by atomic mass is 10.2. The van der Waals surface area contributed by atoms with Gasteiger partial charge in [-0.05, 0) is 12.8 Å². The van der Waals surface area contributed by atoms with Gasteiger partial charge in [-0.3, -0.25) is 0 Å². The first-order valence-corrected chi connectivity index (χ1v) is 7.54. The summed E-state index contributed by atoms with van der Waals surface area (Å²) < 4.78 is 21.9. The van der Waals surface area contributed by atoms with Crippen LogP contribution in [0.5, 0.6) is 0 Å². The fraction of sp³-hybridized carbons (Fsp3) is 1.00. The Morgan fingerprint density at radius 3 is 2.00 bits per heavy atom. The van der Waals surface area contributed by atoms with Crippen molar-refractivity contribution in [2.24, 2.45) is 0 Å². The number of hydrogen-bond donors (Lipinski definition) is 0. The summed E-state index contributed by atoms with van der Waals surface area (Å²) in [5.41, 5.74) is 0. The van der Waals surface area contributed by atoms with Crippen LogP contribution >= 0.6 is 21.2 Å². The van der Waals surface area contributed by atoms with Crippen LogP contribution in [0.3, 0.4) is 0 Å². The summed E-state index contributed by atoms with van der Waals surface area (Å²) in [5.74, 6) is 0. The molecule has 0 bridgehead atoms. The largest absolute Gasteiger partial charge is 0.218 e. The molecule has 62 valence electrons. The number of rotatable bonds is 4.